The number of nitrogen functional groups attached to an aromatic ring is 1. The number of carbonyl (C=O) groups is 1. The first-order valence-corrected chi connectivity index (χ1v) is 6.58. The average Bonchev–Trinajstić information content (AvgIpc) is 2.40. The van der Waals surface area contributed by atoms with Crippen LogP contribution < -0.4 is 11.1 Å². The van der Waals surface area contributed by atoms with E-state index in [-0.39, 0.29) is 11.9 Å². The van der Waals surface area contributed by atoms with Gasteiger partial charge in [0.15, 0.2) is 0 Å². The van der Waals surface area contributed by atoms with Crippen LogP contribution in [0.4, 0.5) is 5.69 Å². The lowest BCUT2D eigenvalue weighted by Gasteiger charge is -2.31. The Morgan fingerprint density at radius 3 is 2.67 bits per heavy atom. The summed E-state index contributed by atoms with van der Waals surface area (Å²) in [5, 5.41) is 3.08. The number of carbonyl (C=O) groups excluding carboxylic acids is 1. The number of hydrogen-bond donors (Lipinski definition) is 2. The Morgan fingerprint density at radius 2 is 2.06 bits per heavy atom. The van der Waals surface area contributed by atoms with Crippen LogP contribution >= 0.6 is 0 Å². The second kappa shape index (κ2) is 5.87. The maximum absolute atomic E-state index is 12.1. The molecule has 1 heterocycles. The van der Waals surface area contributed by atoms with Crippen LogP contribution in [0.3, 0.4) is 0 Å². The smallest absolute Gasteiger partial charge is 0.253 e. The molecule has 98 valence electrons. The van der Waals surface area contributed by atoms with E-state index in [1.807, 2.05) is 12.1 Å². The summed E-state index contributed by atoms with van der Waals surface area (Å²) in [6.45, 7) is 5.38. The molecule has 0 aliphatic carbocycles. The van der Waals surface area contributed by atoms with Crippen molar-refractivity contribution >= 4 is 11.6 Å². The van der Waals surface area contributed by atoms with Crippen LogP contribution in [0.2, 0.25) is 0 Å². The Hall–Kier alpha value is -1.55. The average molecular weight is 247 g/mol. The van der Waals surface area contributed by atoms with Crippen molar-refractivity contribution in [2.24, 2.45) is 0 Å². The fourth-order valence-electron chi connectivity index (χ4n) is 2.36. The minimum atomic E-state index is -0.0527. The lowest BCUT2D eigenvalue weighted by Crippen LogP contribution is -2.44. The molecule has 0 spiro atoms. The van der Waals surface area contributed by atoms with Crippen molar-refractivity contribution in [2.45, 2.75) is 25.8 Å². The number of nitrogens with two attached hydrogens (primary N) is 1. The van der Waals surface area contributed by atoms with Crippen molar-refractivity contribution in [1.29, 1.82) is 0 Å². The van der Waals surface area contributed by atoms with Crippen LogP contribution in [-0.4, -0.2) is 36.5 Å². The Balaban J connectivity index is 1.91. The Kier molecular flexibility index (Phi) is 4.20. The van der Waals surface area contributed by atoms with Gasteiger partial charge in [0, 0.05) is 24.8 Å². The Bertz CT molecular complexity index is 411. The predicted octanol–water partition coefficient (Wildman–Crippen LogP) is 1.48. The summed E-state index contributed by atoms with van der Waals surface area (Å²) in [5.74, 6) is -0.0527. The minimum absolute atomic E-state index is 0.0527. The fraction of sp³-hybridized carbons (Fsp3) is 0.500. The standard InChI is InChI=1S/C14H21N3O/c1-2-17-9-7-11(8-10-17)16-14(18)12-5-3-4-6-13(12)15/h3-6,11H,2,7-10,15H2,1H3,(H,16,18). The van der Waals surface area contributed by atoms with Crippen LogP contribution in [0.25, 0.3) is 0 Å². The molecule has 1 fully saturated rings. The van der Waals surface area contributed by atoms with E-state index in [4.69, 9.17) is 5.73 Å². The van der Waals surface area contributed by atoms with Crippen molar-refractivity contribution in [3.05, 3.63) is 29.8 Å². The van der Waals surface area contributed by atoms with Gasteiger partial charge >= 0.3 is 0 Å². The monoisotopic (exact) mass is 247 g/mol. The maximum Gasteiger partial charge on any atom is 0.253 e. The summed E-state index contributed by atoms with van der Waals surface area (Å²) < 4.78 is 0. The highest BCUT2D eigenvalue weighted by molar-refractivity contribution is 5.99. The second-order valence-corrected chi connectivity index (χ2v) is 4.77. The summed E-state index contributed by atoms with van der Waals surface area (Å²) in [5.41, 5.74) is 6.92. The summed E-state index contributed by atoms with van der Waals surface area (Å²) >= 11 is 0. The maximum atomic E-state index is 12.1. The molecule has 1 aromatic carbocycles. The molecule has 1 aromatic rings. The van der Waals surface area contributed by atoms with Crippen LogP contribution in [0, 0.1) is 0 Å². The third-order valence-corrected chi connectivity index (χ3v) is 3.58. The largest absolute Gasteiger partial charge is 0.398 e. The van der Waals surface area contributed by atoms with Gasteiger partial charge in [-0.1, -0.05) is 19.1 Å². The molecule has 1 aliphatic rings. The SMILES string of the molecule is CCN1CCC(NC(=O)c2ccccc2N)CC1. The van der Waals surface area contributed by atoms with Gasteiger partial charge in [-0.15, -0.1) is 0 Å². The minimum Gasteiger partial charge on any atom is -0.398 e. The lowest BCUT2D eigenvalue weighted by atomic mass is 10.0. The number of likely N-dealkylation sites (tertiary alicyclic amines) is 1. The summed E-state index contributed by atoms with van der Waals surface area (Å²) in [7, 11) is 0. The van der Waals surface area contributed by atoms with Crippen molar-refractivity contribution < 1.29 is 4.79 Å². The molecular formula is C14H21N3O. The molecule has 0 unspecified atom stereocenters. The molecule has 18 heavy (non-hydrogen) atoms. The van der Waals surface area contributed by atoms with E-state index < -0.39 is 0 Å². The van der Waals surface area contributed by atoms with Crippen molar-refractivity contribution in [2.75, 3.05) is 25.4 Å². The molecule has 1 saturated heterocycles. The van der Waals surface area contributed by atoms with Crippen molar-refractivity contribution in [3.63, 3.8) is 0 Å². The van der Waals surface area contributed by atoms with Gasteiger partial charge in [0.1, 0.15) is 0 Å². The van der Waals surface area contributed by atoms with E-state index in [1.54, 1.807) is 12.1 Å². The van der Waals surface area contributed by atoms with Gasteiger partial charge in [0.05, 0.1) is 5.56 Å². The third-order valence-electron chi connectivity index (χ3n) is 3.58. The number of benzene rings is 1. The normalized spacial score (nSPS) is 17.6. The molecule has 4 nitrogen and oxygen atoms in total. The quantitative estimate of drug-likeness (QED) is 0.795. The van der Waals surface area contributed by atoms with Crippen molar-refractivity contribution in [3.8, 4) is 0 Å². The highest BCUT2D eigenvalue weighted by Gasteiger charge is 2.20. The summed E-state index contributed by atoms with van der Waals surface area (Å²) in [6, 6.07) is 7.48. The zero-order valence-electron chi connectivity index (χ0n) is 10.9. The van der Waals surface area contributed by atoms with Gasteiger partial charge in [-0.25, -0.2) is 0 Å². The first-order chi connectivity index (χ1) is 8.70. The number of anilines is 1. The Labute approximate surface area is 108 Å². The van der Waals surface area contributed by atoms with Gasteiger partial charge in [0.2, 0.25) is 0 Å². The van der Waals surface area contributed by atoms with Crippen LogP contribution in [0.5, 0.6) is 0 Å². The molecule has 0 saturated carbocycles. The van der Waals surface area contributed by atoms with Crippen LogP contribution in [0.1, 0.15) is 30.1 Å². The number of piperidine rings is 1. The van der Waals surface area contributed by atoms with E-state index in [0.29, 0.717) is 11.3 Å². The highest BCUT2D eigenvalue weighted by atomic mass is 16.1. The number of nitrogens with zero attached hydrogens (tertiary/aromatic N) is 1. The third kappa shape index (κ3) is 3.01. The number of nitrogens with one attached hydrogen (secondary N) is 1. The van der Waals surface area contributed by atoms with Crippen LogP contribution in [-0.2, 0) is 0 Å². The summed E-state index contributed by atoms with van der Waals surface area (Å²) in [4.78, 5) is 14.5. The second-order valence-electron chi connectivity index (χ2n) is 4.77. The number of amides is 1. The van der Waals surface area contributed by atoms with E-state index in [9.17, 15) is 4.79 Å². The molecule has 0 radical (unpaired) electrons. The molecule has 1 amide bonds. The van der Waals surface area contributed by atoms with E-state index in [0.717, 1.165) is 32.5 Å². The number of rotatable bonds is 3. The first kappa shape index (κ1) is 12.9. The first-order valence-electron chi connectivity index (χ1n) is 6.58. The molecule has 2 rings (SSSR count). The predicted molar refractivity (Wildman–Crippen MR) is 73.5 cm³/mol. The van der Waals surface area contributed by atoms with Gasteiger partial charge in [-0.05, 0) is 31.5 Å². The highest BCUT2D eigenvalue weighted by Crippen LogP contribution is 2.13. The molecule has 0 aromatic heterocycles. The zero-order chi connectivity index (χ0) is 13.0. The topological polar surface area (TPSA) is 58.4 Å². The van der Waals surface area contributed by atoms with E-state index in [2.05, 4.69) is 17.1 Å². The lowest BCUT2D eigenvalue weighted by molar-refractivity contribution is 0.0913. The van der Waals surface area contributed by atoms with Gasteiger partial charge in [-0.2, -0.15) is 0 Å². The molecule has 4 heteroatoms. The zero-order valence-corrected chi connectivity index (χ0v) is 10.9. The molecule has 3 N–H and O–H groups in total. The van der Waals surface area contributed by atoms with Gasteiger partial charge in [-0.3, -0.25) is 4.79 Å². The number of para-hydroxylation sites is 1. The van der Waals surface area contributed by atoms with Gasteiger partial charge < -0.3 is 16.0 Å². The summed E-state index contributed by atoms with van der Waals surface area (Å²) in [6.07, 6.45) is 2.04. The molecule has 0 bridgehead atoms. The van der Waals surface area contributed by atoms with Crippen molar-refractivity contribution in [1.82, 2.24) is 10.2 Å². The van der Waals surface area contributed by atoms with E-state index >= 15 is 0 Å². The molecule has 1 aliphatic heterocycles. The Morgan fingerprint density at radius 1 is 1.39 bits per heavy atom. The molecular weight excluding hydrogens is 226 g/mol. The van der Waals surface area contributed by atoms with E-state index in [1.165, 1.54) is 0 Å². The molecule has 0 atom stereocenters. The number of hydrogen-bond acceptors (Lipinski definition) is 3. The fourth-order valence-corrected chi connectivity index (χ4v) is 2.36. The van der Waals surface area contributed by atoms with Gasteiger partial charge in [0.25, 0.3) is 5.91 Å². The van der Waals surface area contributed by atoms with Crippen LogP contribution in [0.15, 0.2) is 24.3 Å².